The molecule has 3 rings (SSSR count). The molecule has 2 aromatic carbocycles. The van der Waals surface area contributed by atoms with Crippen LogP contribution in [0.15, 0.2) is 42.5 Å². The van der Waals surface area contributed by atoms with E-state index < -0.39 is 17.2 Å². The minimum atomic E-state index is -0.572. The number of aryl methyl sites for hydroxylation is 1. The second-order valence-electron chi connectivity index (χ2n) is 5.68. The van der Waals surface area contributed by atoms with E-state index in [1.165, 1.54) is 29.3 Å². The molecule has 0 fully saturated rings. The first kappa shape index (κ1) is 13.3. The summed E-state index contributed by atoms with van der Waals surface area (Å²) in [6, 6.07) is 12.1. The first-order valence-electron chi connectivity index (χ1n) is 6.86. The molecule has 0 heterocycles. The zero-order valence-corrected chi connectivity index (χ0v) is 11.2. The zero-order chi connectivity index (χ0) is 14.2. The summed E-state index contributed by atoms with van der Waals surface area (Å²) >= 11 is 0. The molecule has 0 radical (unpaired) electrons. The number of fused-ring (bicyclic) bond motifs is 1. The zero-order valence-electron chi connectivity index (χ0n) is 11.2. The first-order valence-corrected chi connectivity index (χ1v) is 6.86. The van der Waals surface area contributed by atoms with Crippen molar-refractivity contribution in [1.82, 2.24) is 0 Å². The molecule has 0 aliphatic heterocycles. The van der Waals surface area contributed by atoms with Crippen molar-refractivity contribution in [2.24, 2.45) is 5.73 Å². The summed E-state index contributed by atoms with van der Waals surface area (Å²) < 4.78 is 27.6. The summed E-state index contributed by atoms with van der Waals surface area (Å²) in [4.78, 5) is 0. The maximum Gasteiger partial charge on any atom is 0.129 e. The Balaban J connectivity index is 1.88. The molecule has 1 nitrogen and oxygen atoms in total. The average Bonchev–Trinajstić information content (AvgIpc) is 2.43. The van der Waals surface area contributed by atoms with E-state index in [4.69, 9.17) is 5.73 Å². The highest BCUT2D eigenvalue weighted by molar-refractivity contribution is 5.33. The van der Waals surface area contributed by atoms with Crippen LogP contribution < -0.4 is 5.73 Å². The van der Waals surface area contributed by atoms with Crippen molar-refractivity contribution < 1.29 is 8.78 Å². The lowest BCUT2D eigenvalue weighted by atomic mass is 9.75. The third-order valence-corrected chi connectivity index (χ3v) is 4.14. The molecule has 104 valence electrons. The molecular formula is C17H17F2N. The van der Waals surface area contributed by atoms with Crippen LogP contribution in [-0.4, -0.2) is 5.54 Å². The summed E-state index contributed by atoms with van der Waals surface area (Å²) in [5.41, 5.74) is 8.43. The number of halogens is 2. The minimum Gasteiger partial charge on any atom is -0.324 e. The molecule has 0 amide bonds. The number of nitrogens with two attached hydrogens (primary N) is 1. The van der Waals surface area contributed by atoms with Gasteiger partial charge in [-0.15, -0.1) is 0 Å². The molecule has 2 aromatic rings. The van der Waals surface area contributed by atoms with Crippen LogP contribution >= 0.6 is 0 Å². The van der Waals surface area contributed by atoms with E-state index in [9.17, 15) is 8.78 Å². The minimum absolute atomic E-state index is 0.106. The SMILES string of the molecule is NC1(Cc2c(F)cccc2F)CCc2ccccc2C1. The highest BCUT2D eigenvalue weighted by atomic mass is 19.1. The van der Waals surface area contributed by atoms with Crippen molar-refractivity contribution in [3.05, 3.63) is 70.8 Å². The van der Waals surface area contributed by atoms with Gasteiger partial charge in [0, 0.05) is 11.1 Å². The molecule has 2 N–H and O–H groups in total. The molecule has 1 unspecified atom stereocenters. The monoisotopic (exact) mass is 273 g/mol. The second kappa shape index (κ2) is 4.98. The molecule has 1 aliphatic rings. The van der Waals surface area contributed by atoms with Crippen LogP contribution in [0.1, 0.15) is 23.1 Å². The lowest BCUT2D eigenvalue weighted by molar-refractivity contribution is 0.357. The van der Waals surface area contributed by atoms with E-state index in [-0.39, 0.29) is 12.0 Å². The number of hydrogen-bond acceptors (Lipinski definition) is 1. The Kier molecular flexibility index (Phi) is 3.30. The van der Waals surface area contributed by atoms with Crippen molar-refractivity contribution >= 4 is 0 Å². The molecule has 0 saturated heterocycles. The lowest BCUT2D eigenvalue weighted by Gasteiger charge is -2.35. The van der Waals surface area contributed by atoms with Crippen molar-refractivity contribution in [2.45, 2.75) is 31.2 Å². The van der Waals surface area contributed by atoms with E-state index in [1.54, 1.807) is 0 Å². The van der Waals surface area contributed by atoms with Gasteiger partial charge in [0.2, 0.25) is 0 Å². The highest BCUT2D eigenvalue weighted by Gasteiger charge is 2.32. The van der Waals surface area contributed by atoms with E-state index in [0.29, 0.717) is 6.42 Å². The molecular weight excluding hydrogens is 256 g/mol. The predicted molar refractivity (Wildman–Crippen MR) is 75.4 cm³/mol. The van der Waals surface area contributed by atoms with Gasteiger partial charge in [0.15, 0.2) is 0 Å². The van der Waals surface area contributed by atoms with Gasteiger partial charge in [0.1, 0.15) is 11.6 Å². The Morgan fingerprint density at radius 3 is 2.30 bits per heavy atom. The van der Waals surface area contributed by atoms with E-state index in [1.807, 2.05) is 18.2 Å². The van der Waals surface area contributed by atoms with Crippen LogP contribution in [-0.2, 0) is 19.3 Å². The maximum atomic E-state index is 13.8. The Labute approximate surface area is 117 Å². The third-order valence-electron chi connectivity index (χ3n) is 4.14. The summed E-state index contributed by atoms with van der Waals surface area (Å²) in [5.74, 6) is -1.01. The van der Waals surface area contributed by atoms with Crippen LogP contribution in [0.25, 0.3) is 0 Å². The van der Waals surface area contributed by atoms with Crippen molar-refractivity contribution in [2.75, 3.05) is 0 Å². The Bertz CT molecular complexity index is 618. The van der Waals surface area contributed by atoms with E-state index in [2.05, 4.69) is 6.07 Å². The molecule has 1 atom stereocenters. The number of benzene rings is 2. The summed E-state index contributed by atoms with van der Waals surface area (Å²) in [6.07, 6.45) is 2.51. The normalized spacial score (nSPS) is 21.6. The van der Waals surface area contributed by atoms with Crippen molar-refractivity contribution in [1.29, 1.82) is 0 Å². The fourth-order valence-corrected chi connectivity index (χ4v) is 3.03. The van der Waals surface area contributed by atoms with Gasteiger partial charge in [-0.3, -0.25) is 0 Å². The molecule has 0 bridgehead atoms. The van der Waals surface area contributed by atoms with Gasteiger partial charge in [-0.1, -0.05) is 30.3 Å². The molecule has 1 aliphatic carbocycles. The van der Waals surface area contributed by atoms with E-state index in [0.717, 1.165) is 12.8 Å². The summed E-state index contributed by atoms with van der Waals surface area (Å²) in [6.45, 7) is 0. The van der Waals surface area contributed by atoms with E-state index >= 15 is 0 Å². The second-order valence-corrected chi connectivity index (χ2v) is 5.68. The quantitative estimate of drug-likeness (QED) is 0.891. The molecule has 0 spiro atoms. The third kappa shape index (κ3) is 2.46. The Morgan fingerprint density at radius 2 is 1.60 bits per heavy atom. The highest BCUT2D eigenvalue weighted by Crippen LogP contribution is 2.30. The Hall–Kier alpha value is -1.74. The summed E-state index contributed by atoms with van der Waals surface area (Å²) in [5, 5.41) is 0. The van der Waals surface area contributed by atoms with Gasteiger partial charge in [0.25, 0.3) is 0 Å². The van der Waals surface area contributed by atoms with Gasteiger partial charge >= 0.3 is 0 Å². The van der Waals surface area contributed by atoms with Gasteiger partial charge < -0.3 is 5.73 Å². The molecule has 20 heavy (non-hydrogen) atoms. The van der Waals surface area contributed by atoms with Gasteiger partial charge in [-0.25, -0.2) is 8.78 Å². The maximum absolute atomic E-state index is 13.8. The largest absolute Gasteiger partial charge is 0.324 e. The van der Waals surface area contributed by atoms with Crippen LogP contribution in [0.2, 0.25) is 0 Å². The molecule has 0 aromatic heterocycles. The van der Waals surface area contributed by atoms with Crippen LogP contribution in [0.5, 0.6) is 0 Å². The standard InChI is InChI=1S/C17H17F2N/c18-15-6-3-7-16(19)14(15)11-17(20)9-8-12-4-1-2-5-13(12)10-17/h1-7H,8-11,20H2. The molecule has 0 saturated carbocycles. The fourth-order valence-electron chi connectivity index (χ4n) is 3.03. The summed E-state index contributed by atoms with van der Waals surface area (Å²) in [7, 11) is 0. The number of hydrogen-bond donors (Lipinski definition) is 1. The predicted octanol–water partition coefficient (Wildman–Crippen LogP) is 3.39. The van der Waals surface area contributed by atoms with Crippen LogP contribution in [0.3, 0.4) is 0 Å². The number of rotatable bonds is 2. The topological polar surface area (TPSA) is 26.0 Å². The fraction of sp³-hybridized carbons (Fsp3) is 0.294. The Morgan fingerprint density at radius 1 is 0.950 bits per heavy atom. The smallest absolute Gasteiger partial charge is 0.129 e. The first-order chi connectivity index (χ1) is 9.57. The molecule has 3 heteroatoms. The van der Waals surface area contributed by atoms with Crippen LogP contribution in [0, 0.1) is 11.6 Å². The van der Waals surface area contributed by atoms with Crippen molar-refractivity contribution in [3.8, 4) is 0 Å². The van der Waals surface area contributed by atoms with Gasteiger partial charge in [-0.05, 0) is 48.9 Å². The van der Waals surface area contributed by atoms with Crippen molar-refractivity contribution in [3.63, 3.8) is 0 Å². The average molecular weight is 273 g/mol. The van der Waals surface area contributed by atoms with Gasteiger partial charge in [0.05, 0.1) is 0 Å². The van der Waals surface area contributed by atoms with Gasteiger partial charge in [-0.2, -0.15) is 0 Å². The van der Waals surface area contributed by atoms with Crippen LogP contribution in [0.4, 0.5) is 8.78 Å². The lowest BCUT2D eigenvalue weighted by Crippen LogP contribution is -2.47.